The van der Waals surface area contributed by atoms with E-state index in [-0.39, 0.29) is 5.92 Å². The van der Waals surface area contributed by atoms with E-state index in [2.05, 4.69) is 15.4 Å². The van der Waals surface area contributed by atoms with Crippen molar-refractivity contribution in [2.75, 3.05) is 13.1 Å². The van der Waals surface area contributed by atoms with Crippen LogP contribution in [0.3, 0.4) is 0 Å². The van der Waals surface area contributed by atoms with Crippen LogP contribution in [0.1, 0.15) is 30.9 Å². The Kier molecular flexibility index (Phi) is 3.50. The van der Waals surface area contributed by atoms with Gasteiger partial charge in [0.2, 0.25) is 0 Å². The number of carboxylic acids is 1. The number of hydrogen-bond acceptors (Lipinski definition) is 4. The molecule has 0 amide bonds. The Bertz CT molecular complexity index is 465. The number of aromatic nitrogens is 3. The number of aryl methyl sites for hydroxylation is 1. The third-order valence-corrected chi connectivity index (χ3v) is 4.18. The molecule has 3 rings (SSSR count). The van der Waals surface area contributed by atoms with Gasteiger partial charge in [-0.2, -0.15) is 5.10 Å². The average Bonchev–Trinajstić information content (AvgIpc) is 2.80. The molecule has 2 aliphatic rings. The van der Waals surface area contributed by atoms with Crippen molar-refractivity contribution in [1.29, 1.82) is 0 Å². The molecule has 1 saturated heterocycles. The predicted octanol–water partition coefficient (Wildman–Crippen LogP) is 0.467. The van der Waals surface area contributed by atoms with E-state index >= 15 is 0 Å². The molecule has 19 heavy (non-hydrogen) atoms. The molecule has 1 fully saturated rings. The molecule has 0 bridgehead atoms. The van der Waals surface area contributed by atoms with E-state index in [1.807, 2.05) is 0 Å². The minimum absolute atomic E-state index is 0.305. The second-order valence-electron chi connectivity index (χ2n) is 5.60. The first-order valence-electron chi connectivity index (χ1n) is 7.08. The van der Waals surface area contributed by atoms with Gasteiger partial charge in [-0.15, -0.1) is 0 Å². The fourth-order valence-corrected chi connectivity index (χ4v) is 2.99. The van der Waals surface area contributed by atoms with Gasteiger partial charge < -0.3 is 10.4 Å². The summed E-state index contributed by atoms with van der Waals surface area (Å²) in [5, 5.41) is 16.9. The van der Waals surface area contributed by atoms with Gasteiger partial charge in [-0.3, -0.25) is 4.79 Å². The van der Waals surface area contributed by atoms with E-state index in [0.29, 0.717) is 18.9 Å². The number of nitrogens with zero attached hydrogens (tertiary/aromatic N) is 3. The molecule has 0 radical (unpaired) electrons. The summed E-state index contributed by atoms with van der Waals surface area (Å²) < 4.78 is 1.80. The van der Waals surface area contributed by atoms with Crippen molar-refractivity contribution in [1.82, 2.24) is 20.1 Å². The maximum atomic E-state index is 11.0. The fourth-order valence-electron chi connectivity index (χ4n) is 2.99. The molecule has 6 heteroatoms. The highest BCUT2D eigenvalue weighted by atomic mass is 16.4. The number of carbonyl (C=O) groups is 1. The van der Waals surface area contributed by atoms with Crippen LogP contribution < -0.4 is 5.32 Å². The first kappa shape index (κ1) is 12.6. The molecular weight excluding hydrogens is 244 g/mol. The van der Waals surface area contributed by atoms with Crippen molar-refractivity contribution in [2.24, 2.45) is 11.8 Å². The van der Waals surface area contributed by atoms with Gasteiger partial charge >= 0.3 is 5.97 Å². The van der Waals surface area contributed by atoms with Crippen LogP contribution in [0.15, 0.2) is 0 Å². The van der Waals surface area contributed by atoms with Crippen LogP contribution in [0.25, 0.3) is 0 Å². The van der Waals surface area contributed by atoms with Crippen LogP contribution in [0.2, 0.25) is 0 Å². The number of nitrogens with one attached hydrogen (secondary N) is 1. The third-order valence-electron chi connectivity index (χ3n) is 4.18. The van der Waals surface area contributed by atoms with Crippen LogP contribution in [0, 0.1) is 11.8 Å². The van der Waals surface area contributed by atoms with Crippen molar-refractivity contribution in [3.8, 4) is 0 Å². The molecule has 1 unspecified atom stereocenters. The van der Waals surface area contributed by atoms with Crippen molar-refractivity contribution >= 4 is 5.97 Å². The number of aliphatic carboxylic acids is 1. The zero-order chi connectivity index (χ0) is 13.2. The highest BCUT2D eigenvalue weighted by Gasteiger charge is 2.27. The van der Waals surface area contributed by atoms with E-state index in [1.165, 1.54) is 12.8 Å². The number of hydrogen-bond donors (Lipinski definition) is 2. The monoisotopic (exact) mass is 264 g/mol. The molecule has 1 atom stereocenters. The maximum Gasteiger partial charge on any atom is 0.308 e. The summed E-state index contributed by atoms with van der Waals surface area (Å²) >= 11 is 0. The SMILES string of the molecule is O=C(O)C1CCc2nc(CC3CCNCC3)nn2C1. The Morgan fingerprint density at radius 2 is 2.16 bits per heavy atom. The van der Waals surface area contributed by atoms with Crippen molar-refractivity contribution < 1.29 is 9.90 Å². The standard InChI is InChI=1S/C13H20N4O2/c18-13(19)10-1-2-12-15-11(16-17(12)8-10)7-9-3-5-14-6-4-9/h9-10,14H,1-8H2,(H,18,19). The van der Waals surface area contributed by atoms with Crippen LogP contribution in [0.5, 0.6) is 0 Å². The summed E-state index contributed by atoms with van der Waals surface area (Å²) in [5.74, 6) is 1.50. The highest BCUT2D eigenvalue weighted by molar-refractivity contribution is 5.70. The lowest BCUT2D eigenvalue weighted by Crippen LogP contribution is -2.29. The maximum absolute atomic E-state index is 11.0. The molecule has 6 nitrogen and oxygen atoms in total. The summed E-state index contributed by atoms with van der Waals surface area (Å²) in [6, 6.07) is 0. The average molecular weight is 264 g/mol. The topological polar surface area (TPSA) is 80.0 Å². The first-order chi connectivity index (χ1) is 9.22. The lowest BCUT2D eigenvalue weighted by atomic mass is 9.94. The van der Waals surface area contributed by atoms with Gasteiger partial charge in [0.05, 0.1) is 12.5 Å². The molecule has 0 spiro atoms. The quantitative estimate of drug-likeness (QED) is 0.829. The smallest absolute Gasteiger partial charge is 0.308 e. The molecular formula is C13H20N4O2. The van der Waals surface area contributed by atoms with E-state index in [9.17, 15) is 4.79 Å². The Balaban J connectivity index is 1.67. The summed E-state index contributed by atoms with van der Waals surface area (Å²) in [6.07, 6.45) is 4.71. The number of piperidine rings is 1. The number of carboxylic acid groups (broad SMARTS) is 1. The molecule has 1 aromatic heterocycles. The normalized spacial score (nSPS) is 24.1. The van der Waals surface area contributed by atoms with Crippen molar-refractivity contribution in [3.63, 3.8) is 0 Å². The summed E-state index contributed by atoms with van der Waals surface area (Å²) in [4.78, 5) is 15.6. The van der Waals surface area contributed by atoms with E-state index in [0.717, 1.165) is 37.6 Å². The van der Waals surface area contributed by atoms with E-state index in [4.69, 9.17) is 5.11 Å². The zero-order valence-corrected chi connectivity index (χ0v) is 11.0. The highest BCUT2D eigenvalue weighted by Crippen LogP contribution is 2.21. The van der Waals surface area contributed by atoms with Gasteiger partial charge in [0, 0.05) is 12.8 Å². The molecule has 104 valence electrons. The number of rotatable bonds is 3. The van der Waals surface area contributed by atoms with E-state index < -0.39 is 5.97 Å². The lowest BCUT2D eigenvalue weighted by Gasteiger charge is -2.21. The number of fused-ring (bicyclic) bond motifs is 1. The third kappa shape index (κ3) is 2.78. The van der Waals surface area contributed by atoms with Crippen molar-refractivity contribution in [3.05, 3.63) is 11.6 Å². The molecule has 2 aliphatic heterocycles. The second kappa shape index (κ2) is 5.28. The Morgan fingerprint density at radius 1 is 1.37 bits per heavy atom. The van der Waals surface area contributed by atoms with Gasteiger partial charge in [-0.1, -0.05) is 0 Å². The molecule has 0 saturated carbocycles. The fraction of sp³-hybridized carbons (Fsp3) is 0.769. The summed E-state index contributed by atoms with van der Waals surface area (Å²) in [5.41, 5.74) is 0. The molecule has 3 heterocycles. The molecule has 0 aliphatic carbocycles. The Morgan fingerprint density at radius 3 is 2.89 bits per heavy atom. The van der Waals surface area contributed by atoms with Crippen molar-refractivity contribution in [2.45, 2.75) is 38.6 Å². The molecule has 1 aromatic rings. The molecule has 2 N–H and O–H groups in total. The minimum Gasteiger partial charge on any atom is -0.481 e. The Hall–Kier alpha value is -1.43. The summed E-state index contributed by atoms with van der Waals surface area (Å²) in [6.45, 7) is 2.64. The van der Waals surface area contributed by atoms with Gasteiger partial charge in [0.25, 0.3) is 0 Å². The second-order valence-corrected chi connectivity index (χ2v) is 5.60. The minimum atomic E-state index is -0.721. The largest absolute Gasteiger partial charge is 0.481 e. The van der Waals surface area contributed by atoms with E-state index in [1.54, 1.807) is 4.68 Å². The zero-order valence-electron chi connectivity index (χ0n) is 11.0. The van der Waals surface area contributed by atoms with Crippen LogP contribution in [0.4, 0.5) is 0 Å². The Labute approximate surface area is 112 Å². The van der Waals surface area contributed by atoms with Crippen LogP contribution in [-0.2, 0) is 24.2 Å². The summed E-state index contributed by atoms with van der Waals surface area (Å²) in [7, 11) is 0. The van der Waals surface area contributed by atoms with Gasteiger partial charge in [0.1, 0.15) is 5.82 Å². The van der Waals surface area contributed by atoms with Gasteiger partial charge in [-0.25, -0.2) is 9.67 Å². The van der Waals surface area contributed by atoms with Crippen LogP contribution in [-0.4, -0.2) is 38.9 Å². The predicted molar refractivity (Wildman–Crippen MR) is 68.8 cm³/mol. The van der Waals surface area contributed by atoms with Gasteiger partial charge in [-0.05, 0) is 38.3 Å². The van der Waals surface area contributed by atoms with Gasteiger partial charge in [0.15, 0.2) is 5.82 Å². The lowest BCUT2D eigenvalue weighted by molar-refractivity contribution is -0.142. The first-order valence-corrected chi connectivity index (χ1v) is 7.08. The van der Waals surface area contributed by atoms with Crippen LogP contribution >= 0.6 is 0 Å². The molecule has 0 aromatic carbocycles.